The highest BCUT2D eigenvalue weighted by Crippen LogP contribution is 2.64. The molecule has 6 unspecified atom stereocenters. The molecular weight excluding hydrogens is 738 g/mol. The molecular formula is C44H39ClF2N4O5. The second-order valence-corrected chi connectivity index (χ2v) is 16.1. The highest BCUT2D eigenvalue weighted by molar-refractivity contribution is 6.30. The number of anilines is 1. The van der Waals surface area contributed by atoms with E-state index >= 15 is 9.18 Å². The minimum Gasteiger partial charge on any atom is -0.505 e. The third-order valence-corrected chi connectivity index (χ3v) is 13.0. The van der Waals surface area contributed by atoms with Crippen molar-refractivity contribution >= 4 is 40.9 Å². The molecule has 0 radical (unpaired) electrons. The van der Waals surface area contributed by atoms with Gasteiger partial charge < -0.3 is 5.11 Å². The van der Waals surface area contributed by atoms with Gasteiger partial charge in [-0.3, -0.25) is 34.4 Å². The first-order valence-corrected chi connectivity index (χ1v) is 19.4. The zero-order valence-corrected chi connectivity index (χ0v) is 31.0. The third-order valence-electron chi connectivity index (χ3n) is 12.8. The minimum atomic E-state index is -1.65. The molecule has 9 nitrogen and oxygen atoms in total. The summed E-state index contributed by atoms with van der Waals surface area (Å²) in [4.78, 5) is 62.8. The topological polar surface area (TPSA) is 110 Å². The summed E-state index contributed by atoms with van der Waals surface area (Å²) in [5.74, 6) is -7.73. The van der Waals surface area contributed by atoms with E-state index in [0.29, 0.717) is 40.3 Å². The number of rotatable bonds is 7. The van der Waals surface area contributed by atoms with E-state index in [0.717, 1.165) is 24.6 Å². The van der Waals surface area contributed by atoms with Gasteiger partial charge in [-0.2, -0.15) is 5.01 Å². The fourth-order valence-corrected chi connectivity index (χ4v) is 10.4. The number of carbonyl (C=O) groups excluding carboxylic acids is 4. The third kappa shape index (κ3) is 5.73. The maximum Gasteiger partial charge on any atom is 0.260 e. The molecule has 4 aromatic rings. The van der Waals surface area contributed by atoms with Crippen LogP contribution >= 0.6 is 11.6 Å². The van der Waals surface area contributed by atoms with Crippen LogP contribution in [-0.4, -0.2) is 62.7 Å². The Morgan fingerprint density at radius 3 is 2.23 bits per heavy atom. The number of carbonyl (C=O) groups is 4. The number of piperidine rings is 1. The average molecular weight is 777 g/mol. The Kier molecular flexibility index (Phi) is 9.04. The number of imide groups is 2. The lowest BCUT2D eigenvalue weighted by atomic mass is 9.49. The van der Waals surface area contributed by atoms with Crippen LogP contribution in [0.15, 0.2) is 109 Å². The van der Waals surface area contributed by atoms with Crippen molar-refractivity contribution in [2.45, 2.75) is 49.6 Å². The molecule has 3 aliphatic heterocycles. The molecule has 3 saturated heterocycles. The maximum absolute atomic E-state index is 15.4. The van der Waals surface area contributed by atoms with E-state index in [-0.39, 0.29) is 30.7 Å². The average Bonchev–Trinajstić information content (AvgIpc) is 3.58. The van der Waals surface area contributed by atoms with E-state index in [1.807, 2.05) is 24.3 Å². The largest absolute Gasteiger partial charge is 0.505 e. The van der Waals surface area contributed by atoms with Gasteiger partial charge in [-0.05, 0) is 96.8 Å². The number of likely N-dealkylation sites (tertiary alicyclic amines) is 2. The number of phenolic OH excluding ortho intramolecular Hbond substituents is 1. The summed E-state index contributed by atoms with van der Waals surface area (Å²) in [6.07, 6.45) is 3.51. The van der Waals surface area contributed by atoms with Crippen LogP contribution in [0.4, 0.5) is 14.5 Å². The first-order chi connectivity index (χ1) is 27.1. The van der Waals surface area contributed by atoms with E-state index in [2.05, 4.69) is 22.5 Å². The Balaban J connectivity index is 1.11. The van der Waals surface area contributed by atoms with E-state index in [9.17, 15) is 23.9 Å². The number of fused-ring (bicyclic) bond motifs is 4. The zero-order chi connectivity index (χ0) is 38.9. The summed E-state index contributed by atoms with van der Waals surface area (Å²) < 4.78 is 29.3. The number of hydrogen-bond donors (Lipinski definition) is 2. The van der Waals surface area contributed by atoms with Gasteiger partial charge in [0.1, 0.15) is 5.82 Å². The van der Waals surface area contributed by atoms with Gasteiger partial charge in [0.15, 0.2) is 11.6 Å². The van der Waals surface area contributed by atoms with Crippen LogP contribution in [0.5, 0.6) is 5.75 Å². The van der Waals surface area contributed by atoms with Crippen LogP contribution in [0.3, 0.4) is 0 Å². The lowest BCUT2D eigenvalue weighted by Gasteiger charge is -2.50. The lowest BCUT2D eigenvalue weighted by Crippen LogP contribution is -2.53. The van der Waals surface area contributed by atoms with Crippen LogP contribution in [0.1, 0.15) is 48.3 Å². The van der Waals surface area contributed by atoms with Crippen LogP contribution in [-0.2, 0) is 31.1 Å². The van der Waals surface area contributed by atoms with E-state index in [1.54, 1.807) is 24.3 Å². The Morgan fingerprint density at radius 2 is 1.54 bits per heavy atom. The number of nitrogens with zero attached hydrogens (tertiary/aromatic N) is 3. The number of halogens is 3. The standard InChI is InChI=1S/C44H39ClF2N4O5/c45-28-9-7-27(8-10-28)44-35(41(54)51(43(44)56)48-30-13-11-29(46)12-14-30)23-34-32(39(44)26-6-17-37(52)36(47)22-26)15-16-33-38(34)42(55)50(40(33)53)31-18-20-49(21-19-31)24-25-4-2-1-3-5-25/h1-15,17,22,31,33-35,38-39,48,52H,16,18-21,23-24H2. The first kappa shape index (κ1) is 36.3. The quantitative estimate of drug-likeness (QED) is 0.154. The molecule has 56 heavy (non-hydrogen) atoms. The second kappa shape index (κ2) is 14.0. The first-order valence-electron chi connectivity index (χ1n) is 19.0. The number of amides is 4. The van der Waals surface area contributed by atoms with Crippen molar-refractivity contribution in [1.82, 2.24) is 14.8 Å². The molecule has 2 aliphatic carbocycles. The van der Waals surface area contributed by atoms with Gasteiger partial charge >= 0.3 is 0 Å². The van der Waals surface area contributed by atoms with Gasteiger partial charge in [0.25, 0.3) is 11.8 Å². The predicted octanol–water partition coefficient (Wildman–Crippen LogP) is 6.97. The molecule has 1 saturated carbocycles. The SMILES string of the molecule is O=C1C2CC3C(=CCC4C(=O)N(C5CCN(Cc6ccccc6)CC5)C(=O)C43)C(c3ccc(O)c(F)c3)C2(c2ccc(Cl)cc2)C(=O)N1Nc1ccc(F)cc1. The van der Waals surface area contributed by atoms with Crippen molar-refractivity contribution < 1.29 is 33.1 Å². The van der Waals surface area contributed by atoms with Crippen molar-refractivity contribution in [1.29, 1.82) is 0 Å². The Labute approximate surface area is 327 Å². The van der Waals surface area contributed by atoms with Crippen LogP contribution < -0.4 is 5.43 Å². The molecule has 5 aliphatic rings. The van der Waals surface area contributed by atoms with Crippen molar-refractivity contribution in [3.05, 3.63) is 142 Å². The highest BCUT2D eigenvalue weighted by Gasteiger charge is 2.70. The summed E-state index contributed by atoms with van der Waals surface area (Å²) in [5, 5.41) is 11.6. The van der Waals surface area contributed by atoms with E-state index in [1.165, 1.54) is 52.9 Å². The fourth-order valence-electron chi connectivity index (χ4n) is 10.3. The predicted molar refractivity (Wildman–Crippen MR) is 204 cm³/mol. The smallest absolute Gasteiger partial charge is 0.260 e. The summed E-state index contributed by atoms with van der Waals surface area (Å²) >= 11 is 6.35. The Hall–Kier alpha value is -5.39. The van der Waals surface area contributed by atoms with Crippen LogP contribution in [0.25, 0.3) is 0 Å². The molecule has 0 spiro atoms. The Bertz CT molecular complexity index is 2260. The monoisotopic (exact) mass is 776 g/mol. The van der Waals surface area contributed by atoms with Crippen LogP contribution in [0.2, 0.25) is 5.02 Å². The minimum absolute atomic E-state index is 0.0707. The number of hydrazine groups is 1. The van der Waals surface area contributed by atoms with Crippen molar-refractivity contribution in [2.24, 2.45) is 23.7 Å². The van der Waals surface area contributed by atoms with Gasteiger partial charge in [0, 0.05) is 36.6 Å². The summed E-state index contributed by atoms with van der Waals surface area (Å²) in [6, 6.07) is 25.7. The Morgan fingerprint density at radius 1 is 0.821 bits per heavy atom. The van der Waals surface area contributed by atoms with Gasteiger partial charge in [0.2, 0.25) is 11.8 Å². The molecule has 0 bridgehead atoms. The van der Waals surface area contributed by atoms with E-state index in [4.69, 9.17) is 11.6 Å². The zero-order valence-electron chi connectivity index (χ0n) is 30.3. The molecule has 9 rings (SSSR count). The number of hydrogen-bond acceptors (Lipinski definition) is 7. The van der Waals surface area contributed by atoms with Gasteiger partial charge in [0.05, 0.1) is 28.9 Å². The van der Waals surface area contributed by atoms with Crippen molar-refractivity contribution in [3.63, 3.8) is 0 Å². The van der Waals surface area contributed by atoms with Crippen LogP contribution in [0, 0.1) is 35.3 Å². The second-order valence-electron chi connectivity index (χ2n) is 15.6. The molecule has 6 atom stereocenters. The normalized spacial score (nSPS) is 27.9. The van der Waals surface area contributed by atoms with E-state index < -0.39 is 64.2 Å². The van der Waals surface area contributed by atoms with Crippen molar-refractivity contribution in [2.75, 3.05) is 18.5 Å². The maximum atomic E-state index is 15.4. The van der Waals surface area contributed by atoms with Crippen molar-refractivity contribution in [3.8, 4) is 5.75 Å². The number of phenols is 1. The molecule has 4 amide bonds. The molecule has 2 N–H and O–H groups in total. The molecule has 286 valence electrons. The lowest BCUT2D eigenvalue weighted by molar-refractivity contribution is -0.144. The van der Waals surface area contributed by atoms with Gasteiger partial charge in [-0.15, -0.1) is 0 Å². The molecule has 4 fully saturated rings. The summed E-state index contributed by atoms with van der Waals surface area (Å²) in [6.45, 7) is 2.24. The number of aromatic hydroxyl groups is 1. The van der Waals surface area contributed by atoms with Gasteiger partial charge in [-0.25, -0.2) is 8.78 Å². The molecule has 4 aromatic carbocycles. The highest BCUT2D eigenvalue weighted by atomic mass is 35.5. The summed E-state index contributed by atoms with van der Waals surface area (Å²) in [7, 11) is 0. The molecule has 3 heterocycles. The number of allylic oxidation sites excluding steroid dienone is 2. The molecule has 0 aromatic heterocycles. The number of nitrogens with one attached hydrogen (secondary N) is 1. The van der Waals surface area contributed by atoms with Gasteiger partial charge in [-0.1, -0.05) is 71.8 Å². The summed E-state index contributed by atoms with van der Waals surface area (Å²) in [5.41, 5.74) is 4.23. The fraction of sp³-hybridized carbons (Fsp3) is 0.318. The number of benzene rings is 4. The molecule has 12 heteroatoms.